The Balaban J connectivity index is 2.11. The third-order valence-electron chi connectivity index (χ3n) is 4.23. The van der Waals surface area contributed by atoms with E-state index in [0.717, 1.165) is 20.8 Å². The van der Waals surface area contributed by atoms with Crippen molar-refractivity contribution in [3.8, 4) is 5.75 Å². The first-order valence-electron chi connectivity index (χ1n) is 8.69. The van der Waals surface area contributed by atoms with E-state index in [9.17, 15) is 9.90 Å². The van der Waals surface area contributed by atoms with E-state index in [2.05, 4.69) is 15.9 Å². The van der Waals surface area contributed by atoms with Gasteiger partial charge in [-0.25, -0.2) is 4.79 Å². The second kappa shape index (κ2) is 7.61. The first-order chi connectivity index (χ1) is 12.8. The van der Waals surface area contributed by atoms with Crippen LogP contribution in [0.2, 0.25) is 0 Å². The van der Waals surface area contributed by atoms with Crippen LogP contribution in [0.3, 0.4) is 0 Å². The van der Waals surface area contributed by atoms with Gasteiger partial charge in [0, 0.05) is 21.5 Å². The highest BCUT2D eigenvalue weighted by molar-refractivity contribution is 9.10. The maximum absolute atomic E-state index is 11.9. The fourth-order valence-electron chi connectivity index (χ4n) is 3.09. The van der Waals surface area contributed by atoms with Crippen LogP contribution in [0, 0.1) is 0 Å². The van der Waals surface area contributed by atoms with Crippen molar-refractivity contribution >= 4 is 38.5 Å². The summed E-state index contributed by atoms with van der Waals surface area (Å²) >= 11 is 3.59. The second-order valence-corrected chi connectivity index (χ2v) is 8.20. The largest absolute Gasteiger partial charge is 0.488 e. The van der Waals surface area contributed by atoms with Gasteiger partial charge in [0.2, 0.25) is 0 Å². The van der Waals surface area contributed by atoms with Crippen LogP contribution >= 0.6 is 15.9 Å². The van der Waals surface area contributed by atoms with Gasteiger partial charge in [-0.1, -0.05) is 58.4 Å². The summed E-state index contributed by atoms with van der Waals surface area (Å²) in [6, 6.07) is 19.4. The smallest absolute Gasteiger partial charge is 0.412 e. The van der Waals surface area contributed by atoms with Gasteiger partial charge in [0.1, 0.15) is 12.4 Å². The van der Waals surface area contributed by atoms with Gasteiger partial charge >= 0.3 is 6.09 Å². The van der Waals surface area contributed by atoms with E-state index >= 15 is 0 Å². The number of hydrogen-bond donors (Lipinski definition) is 1. The van der Waals surface area contributed by atoms with E-state index in [1.54, 1.807) is 6.07 Å². The van der Waals surface area contributed by atoms with Crippen LogP contribution in [0.25, 0.3) is 10.8 Å². The molecule has 0 unspecified atom stereocenters. The topological polar surface area (TPSA) is 49.8 Å². The van der Waals surface area contributed by atoms with Gasteiger partial charge in [-0.3, -0.25) is 4.90 Å². The number of carboxylic acid groups (broad SMARTS) is 1. The minimum atomic E-state index is -0.995. The lowest BCUT2D eigenvalue weighted by Gasteiger charge is -2.33. The summed E-state index contributed by atoms with van der Waals surface area (Å²) in [7, 11) is 0. The lowest BCUT2D eigenvalue weighted by atomic mass is 10.0. The Morgan fingerprint density at radius 3 is 2.41 bits per heavy atom. The summed E-state index contributed by atoms with van der Waals surface area (Å²) < 4.78 is 7.03. The first-order valence-corrected chi connectivity index (χ1v) is 9.49. The highest BCUT2D eigenvalue weighted by atomic mass is 79.9. The summed E-state index contributed by atoms with van der Waals surface area (Å²) in [6.45, 7) is 6.02. The van der Waals surface area contributed by atoms with Crippen LogP contribution in [0.4, 0.5) is 10.5 Å². The Kier molecular flexibility index (Phi) is 5.42. The predicted molar refractivity (Wildman–Crippen MR) is 113 cm³/mol. The predicted octanol–water partition coefficient (Wildman–Crippen LogP) is 6.46. The van der Waals surface area contributed by atoms with Crippen molar-refractivity contribution in [2.45, 2.75) is 32.9 Å². The molecule has 5 heteroatoms. The Labute approximate surface area is 167 Å². The average molecular weight is 428 g/mol. The zero-order valence-electron chi connectivity index (χ0n) is 15.6. The molecule has 1 amide bonds. The number of amides is 1. The second-order valence-electron chi connectivity index (χ2n) is 7.34. The number of carbonyl (C=O) groups is 1. The molecule has 0 aliphatic carbocycles. The fraction of sp³-hybridized carbons (Fsp3) is 0.227. The van der Waals surface area contributed by atoms with Crippen molar-refractivity contribution < 1.29 is 14.6 Å². The van der Waals surface area contributed by atoms with Crippen molar-refractivity contribution in [3.63, 3.8) is 0 Å². The number of nitrogens with zero attached hydrogens (tertiary/aromatic N) is 1. The summed E-state index contributed by atoms with van der Waals surface area (Å²) in [5, 5.41) is 11.6. The monoisotopic (exact) mass is 427 g/mol. The minimum Gasteiger partial charge on any atom is -0.488 e. The van der Waals surface area contributed by atoms with Crippen LogP contribution in [0.15, 0.2) is 65.1 Å². The number of ether oxygens (including phenoxy) is 1. The number of fused-ring (bicyclic) bond motifs is 1. The Bertz CT molecular complexity index is 964. The molecule has 0 atom stereocenters. The number of halogens is 1. The van der Waals surface area contributed by atoms with Crippen LogP contribution < -0.4 is 9.64 Å². The normalized spacial score (nSPS) is 11.4. The average Bonchev–Trinajstić information content (AvgIpc) is 2.59. The first kappa shape index (κ1) is 19.2. The molecule has 0 aromatic heterocycles. The highest BCUT2D eigenvalue weighted by Crippen LogP contribution is 2.38. The molecule has 3 rings (SSSR count). The fourth-order valence-corrected chi connectivity index (χ4v) is 3.67. The Morgan fingerprint density at radius 1 is 1.07 bits per heavy atom. The molecule has 0 saturated carbocycles. The van der Waals surface area contributed by atoms with Crippen LogP contribution in [-0.4, -0.2) is 16.7 Å². The molecular formula is C22H22BrNO3. The molecule has 0 saturated heterocycles. The maximum atomic E-state index is 11.9. The Morgan fingerprint density at radius 2 is 1.78 bits per heavy atom. The van der Waals surface area contributed by atoms with E-state index in [4.69, 9.17) is 4.74 Å². The molecule has 1 N–H and O–H groups in total. The Hall–Kier alpha value is -2.53. The summed E-state index contributed by atoms with van der Waals surface area (Å²) in [5.74, 6) is 0.648. The van der Waals surface area contributed by atoms with Crippen LogP contribution in [0.1, 0.15) is 26.3 Å². The summed E-state index contributed by atoms with van der Waals surface area (Å²) in [6.07, 6.45) is -0.995. The van der Waals surface area contributed by atoms with Gasteiger partial charge in [-0.15, -0.1) is 0 Å². The van der Waals surface area contributed by atoms with Crippen molar-refractivity contribution in [1.82, 2.24) is 0 Å². The van der Waals surface area contributed by atoms with E-state index in [0.29, 0.717) is 18.0 Å². The number of benzene rings is 3. The molecule has 0 spiro atoms. The molecule has 3 aromatic rings. The maximum Gasteiger partial charge on any atom is 0.412 e. The van der Waals surface area contributed by atoms with Gasteiger partial charge in [-0.05, 0) is 43.9 Å². The zero-order valence-corrected chi connectivity index (χ0v) is 17.2. The van der Waals surface area contributed by atoms with Crippen molar-refractivity contribution in [2.75, 3.05) is 4.90 Å². The third-order valence-corrected chi connectivity index (χ3v) is 4.89. The quantitative estimate of drug-likeness (QED) is 0.519. The molecule has 0 radical (unpaired) electrons. The molecule has 0 aliphatic rings. The van der Waals surface area contributed by atoms with Gasteiger partial charge in [0.25, 0.3) is 0 Å². The molecular weight excluding hydrogens is 406 g/mol. The lowest BCUT2D eigenvalue weighted by molar-refractivity contribution is 0.195. The third kappa shape index (κ3) is 4.25. The van der Waals surface area contributed by atoms with E-state index in [1.807, 2.05) is 75.4 Å². The van der Waals surface area contributed by atoms with Crippen molar-refractivity contribution in [1.29, 1.82) is 0 Å². The molecule has 0 heterocycles. The van der Waals surface area contributed by atoms with E-state index < -0.39 is 11.6 Å². The van der Waals surface area contributed by atoms with Gasteiger partial charge in [-0.2, -0.15) is 0 Å². The molecule has 140 valence electrons. The molecule has 4 nitrogen and oxygen atoms in total. The molecule has 0 bridgehead atoms. The van der Waals surface area contributed by atoms with E-state index in [1.165, 1.54) is 4.90 Å². The molecule has 3 aromatic carbocycles. The van der Waals surface area contributed by atoms with E-state index in [-0.39, 0.29) is 0 Å². The van der Waals surface area contributed by atoms with Crippen molar-refractivity contribution in [2.24, 2.45) is 0 Å². The van der Waals surface area contributed by atoms with Gasteiger partial charge < -0.3 is 9.84 Å². The molecule has 0 aliphatic heterocycles. The van der Waals surface area contributed by atoms with Crippen LogP contribution in [-0.2, 0) is 6.61 Å². The number of rotatable bonds is 4. The highest BCUT2D eigenvalue weighted by Gasteiger charge is 2.29. The standard InChI is InChI=1S/C22H22BrNO3/c1-22(2,3)24(21(25)26)17-12-16-10-7-11-18(23)20(16)19(13-17)27-14-15-8-5-4-6-9-15/h4-13H,14H2,1-3H3,(H,25,26). The summed E-state index contributed by atoms with van der Waals surface area (Å²) in [5.41, 5.74) is 1.06. The SMILES string of the molecule is CC(C)(C)N(C(=O)O)c1cc(OCc2ccccc2)c2c(Br)cccc2c1. The minimum absolute atomic E-state index is 0.406. The zero-order chi connectivity index (χ0) is 19.6. The molecule has 27 heavy (non-hydrogen) atoms. The number of hydrogen-bond acceptors (Lipinski definition) is 2. The summed E-state index contributed by atoms with van der Waals surface area (Å²) in [4.78, 5) is 13.3. The van der Waals surface area contributed by atoms with Crippen molar-refractivity contribution in [3.05, 3.63) is 70.7 Å². The molecule has 0 fully saturated rings. The number of anilines is 1. The van der Waals surface area contributed by atoms with Crippen LogP contribution in [0.5, 0.6) is 5.75 Å². The van der Waals surface area contributed by atoms with Gasteiger partial charge in [0.05, 0.1) is 5.69 Å². The van der Waals surface area contributed by atoms with Gasteiger partial charge in [0.15, 0.2) is 0 Å². The lowest BCUT2D eigenvalue weighted by Crippen LogP contribution is -2.45.